The fourth-order valence-electron chi connectivity index (χ4n) is 2.20. The number of amides is 1. The smallest absolute Gasteiger partial charge is 0.329 e. The first-order chi connectivity index (χ1) is 11.1. The average Bonchev–Trinajstić information content (AvgIpc) is 2.52. The third kappa shape index (κ3) is 6.71. The summed E-state index contributed by atoms with van der Waals surface area (Å²) in [6, 6.07) is 8.13. The van der Waals surface area contributed by atoms with Crippen LogP contribution in [0.4, 0.5) is 0 Å². The largest absolute Gasteiger partial charge is 0.458 e. The van der Waals surface area contributed by atoms with E-state index < -0.39 is 23.7 Å². The van der Waals surface area contributed by atoms with E-state index in [0.29, 0.717) is 6.42 Å². The monoisotopic (exact) mass is 334 g/mol. The molecule has 134 valence electrons. The molecular weight excluding hydrogens is 304 g/mol. The van der Waals surface area contributed by atoms with E-state index in [1.165, 1.54) is 0 Å². The molecule has 0 heterocycles. The zero-order valence-corrected chi connectivity index (χ0v) is 15.3. The number of carbonyl (C=O) groups excluding carboxylic acids is 2. The van der Waals surface area contributed by atoms with Gasteiger partial charge in [0.25, 0.3) is 0 Å². The van der Waals surface area contributed by atoms with Crippen molar-refractivity contribution in [3.05, 3.63) is 35.9 Å². The van der Waals surface area contributed by atoms with E-state index in [1.807, 2.05) is 44.2 Å². The molecule has 0 bridgehead atoms. The number of rotatable bonds is 7. The van der Waals surface area contributed by atoms with Crippen molar-refractivity contribution in [3.63, 3.8) is 0 Å². The van der Waals surface area contributed by atoms with Crippen LogP contribution in [0.25, 0.3) is 0 Å². The molecule has 0 saturated heterocycles. The van der Waals surface area contributed by atoms with Gasteiger partial charge in [0.1, 0.15) is 11.6 Å². The molecule has 1 rings (SSSR count). The summed E-state index contributed by atoms with van der Waals surface area (Å²) in [5.41, 5.74) is 6.31. The molecule has 0 aromatic heterocycles. The van der Waals surface area contributed by atoms with Gasteiger partial charge in [-0.2, -0.15) is 0 Å². The first-order valence-electron chi connectivity index (χ1n) is 8.46. The van der Waals surface area contributed by atoms with Crippen molar-refractivity contribution < 1.29 is 14.3 Å². The SMILES string of the molecule is CC[C@H](C)[C@H](N)C(=O)N[C@@H](Cc1ccccc1)C(=O)OC(C)(C)C. The van der Waals surface area contributed by atoms with Gasteiger partial charge in [0.2, 0.25) is 5.91 Å². The number of ether oxygens (including phenoxy) is 1. The fourth-order valence-corrected chi connectivity index (χ4v) is 2.20. The highest BCUT2D eigenvalue weighted by Crippen LogP contribution is 2.12. The van der Waals surface area contributed by atoms with Gasteiger partial charge in [-0.3, -0.25) is 4.79 Å². The Balaban J connectivity index is 2.88. The highest BCUT2D eigenvalue weighted by molar-refractivity contribution is 5.87. The Morgan fingerprint density at radius 2 is 1.79 bits per heavy atom. The molecule has 1 aromatic carbocycles. The standard InChI is InChI=1S/C19H30N2O3/c1-6-13(2)16(20)17(22)21-15(18(23)24-19(3,4)5)12-14-10-8-7-9-11-14/h7-11,13,15-16H,6,12,20H2,1-5H3,(H,21,22)/t13-,15-,16-/m0/s1. The van der Waals surface area contributed by atoms with Crippen LogP contribution in [0.3, 0.4) is 0 Å². The minimum atomic E-state index is -0.755. The van der Waals surface area contributed by atoms with E-state index in [1.54, 1.807) is 20.8 Å². The Morgan fingerprint density at radius 1 is 1.21 bits per heavy atom. The lowest BCUT2D eigenvalue weighted by Crippen LogP contribution is -2.52. The number of hydrogen-bond acceptors (Lipinski definition) is 4. The van der Waals surface area contributed by atoms with Crippen LogP contribution in [0.2, 0.25) is 0 Å². The lowest BCUT2D eigenvalue weighted by Gasteiger charge is -2.26. The summed E-state index contributed by atoms with van der Waals surface area (Å²) in [5, 5.41) is 2.76. The molecule has 0 saturated carbocycles. The van der Waals surface area contributed by atoms with E-state index >= 15 is 0 Å². The van der Waals surface area contributed by atoms with Crippen molar-refractivity contribution in [2.24, 2.45) is 11.7 Å². The summed E-state index contributed by atoms with van der Waals surface area (Å²) in [6.45, 7) is 9.31. The fraction of sp³-hybridized carbons (Fsp3) is 0.579. The van der Waals surface area contributed by atoms with Crippen molar-refractivity contribution in [2.45, 2.75) is 65.1 Å². The van der Waals surface area contributed by atoms with Crippen LogP contribution in [-0.4, -0.2) is 29.6 Å². The van der Waals surface area contributed by atoms with Crippen molar-refractivity contribution in [1.29, 1.82) is 0 Å². The Kier molecular flexibility index (Phi) is 7.42. The Bertz CT molecular complexity index is 537. The second-order valence-corrected chi connectivity index (χ2v) is 7.20. The molecule has 0 aliphatic rings. The summed E-state index contributed by atoms with van der Waals surface area (Å²) in [7, 11) is 0. The highest BCUT2D eigenvalue weighted by atomic mass is 16.6. The molecule has 5 heteroatoms. The topological polar surface area (TPSA) is 81.4 Å². The Hall–Kier alpha value is -1.88. The molecule has 1 aromatic rings. The molecule has 0 radical (unpaired) electrons. The third-order valence-corrected chi connectivity index (χ3v) is 3.85. The van der Waals surface area contributed by atoms with Crippen LogP contribution in [0.1, 0.15) is 46.6 Å². The van der Waals surface area contributed by atoms with Gasteiger partial charge in [0.15, 0.2) is 0 Å². The van der Waals surface area contributed by atoms with Gasteiger partial charge >= 0.3 is 5.97 Å². The summed E-state index contributed by atoms with van der Waals surface area (Å²) < 4.78 is 5.45. The maximum absolute atomic E-state index is 12.5. The zero-order valence-electron chi connectivity index (χ0n) is 15.3. The maximum atomic E-state index is 12.5. The van der Waals surface area contributed by atoms with Crippen LogP contribution < -0.4 is 11.1 Å². The van der Waals surface area contributed by atoms with Crippen LogP contribution in [0.5, 0.6) is 0 Å². The number of nitrogens with two attached hydrogens (primary N) is 1. The van der Waals surface area contributed by atoms with Gasteiger partial charge in [-0.05, 0) is 32.3 Å². The molecule has 1 amide bonds. The average molecular weight is 334 g/mol. The number of nitrogens with one attached hydrogen (secondary N) is 1. The number of carbonyl (C=O) groups is 2. The number of esters is 1. The molecule has 3 N–H and O–H groups in total. The summed E-state index contributed by atoms with van der Waals surface area (Å²) in [5.74, 6) is -0.729. The van der Waals surface area contributed by atoms with E-state index in [2.05, 4.69) is 5.32 Å². The van der Waals surface area contributed by atoms with E-state index in [-0.39, 0.29) is 11.8 Å². The lowest BCUT2D eigenvalue weighted by atomic mass is 9.98. The normalized spacial score (nSPS) is 15.2. The van der Waals surface area contributed by atoms with Gasteiger partial charge in [-0.15, -0.1) is 0 Å². The maximum Gasteiger partial charge on any atom is 0.329 e. The van der Waals surface area contributed by atoms with Gasteiger partial charge in [0.05, 0.1) is 6.04 Å². The molecule has 0 unspecified atom stereocenters. The van der Waals surface area contributed by atoms with Crippen molar-refractivity contribution >= 4 is 11.9 Å². The van der Waals surface area contributed by atoms with Gasteiger partial charge in [-0.1, -0.05) is 50.6 Å². The molecule has 3 atom stereocenters. The van der Waals surface area contributed by atoms with E-state index in [0.717, 1.165) is 12.0 Å². The van der Waals surface area contributed by atoms with Gasteiger partial charge in [-0.25, -0.2) is 4.79 Å². The van der Waals surface area contributed by atoms with Crippen LogP contribution >= 0.6 is 0 Å². The minimum absolute atomic E-state index is 0.0426. The molecular formula is C19H30N2O3. The molecule has 24 heavy (non-hydrogen) atoms. The van der Waals surface area contributed by atoms with Crippen molar-refractivity contribution in [2.75, 3.05) is 0 Å². The second-order valence-electron chi connectivity index (χ2n) is 7.20. The molecule has 0 aliphatic carbocycles. The summed E-state index contributed by atoms with van der Waals surface area (Å²) in [6.07, 6.45) is 1.17. The van der Waals surface area contributed by atoms with Crippen molar-refractivity contribution in [3.8, 4) is 0 Å². The number of benzene rings is 1. The van der Waals surface area contributed by atoms with E-state index in [4.69, 9.17) is 10.5 Å². The third-order valence-electron chi connectivity index (χ3n) is 3.85. The predicted molar refractivity (Wildman–Crippen MR) is 95.4 cm³/mol. The van der Waals surface area contributed by atoms with Crippen LogP contribution in [0, 0.1) is 5.92 Å². The molecule has 0 fully saturated rings. The Morgan fingerprint density at radius 3 is 2.29 bits per heavy atom. The van der Waals surface area contributed by atoms with Gasteiger partial charge < -0.3 is 15.8 Å². The van der Waals surface area contributed by atoms with Crippen LogP contribution in [-0.2, 0) is 20.7 Å². The molecule has 0 spiro atoms. The quantitative estimate of drug-likeness (QED) is 0.750. The molecule has 0 aliphatic heterocycles. The highest BCUT2D eigenvalue weighted by Gasteiger charge is 2.29. The van der Waals surface area contributed by atoms with Crippen molar-refractivity contribution in [1.82, 2.24) is 5.32 Å². The predicted octanol–water partition coefficient (Wildman–Crippen LogP) is 2.43. The lowest BCUT2D eigenvalue weighted by molar-refractivity contribution is -0.158. The Labute approximate surface area is 145 Å². The van der Waals surface area contributed by atoms with Gasteiger partial charge in [0, 0.05) is 6.42 Å². The number of hydrogen-bond donors (Lipinski definition) is 2. The summed E-state index contributed by atoms with van der Waals surface area (Å²) in [4.78, 5) is 24.9. The first kappa shape index (κ1) is 20.2. The molecule has 5 nitrogen and oxygen atoms in total. The van der Waals surface area contributed by atoms with E-state index in [9.17, 15) is 9.59 Å². The minimum Gasteiger partial charge on any atom is -0.458 e. The first-order valence-corrected chi connectivity index (χ1v) is 8.46. The van der Waals surface area contributed by atoms with Crippen LogP contribution in [0.15, 0.2) is 30.3 Å². The second kappa shape index (κ2) is 8.83. The summed E-state index contributed by atoms with van der Waals surface area (Å²) >= 11 is 0. The zero-order chi connectivity index (χ0) is 18.3.